The van der Waals surface area contributed by atoms with Gasteiger partial charge >= 0.3 is 5.97 Å². The van der Waals surface area contributed by atoms with Crippen LogP contribution in [0.15, 0.2) is 24.3 Å². The van der Waals surface area contributed by atoms with Crippen LogP contribution >= 0.6 is 11.8 Å². The number of hydrogen-bond acceptors (Lipinski definition) is 7. The Hall–Kier alpha value is -3.12. The summed E-state index contributed by atoms with van der Waals surface area (Å²) in [5.74, 6) is -2.21. The Kier molecular flexibility index (Phi) is 13.4. The summed E-state index contributed by atoms with van der Waals surface area (Å²) in [6, 6.07) is 3.93. The minimum Gasteiger partial charge on any atom is -0.480 e. The first-order valence-corrected chi connectivity index (χ1v) is 12.7. The molecule has 0 aliphatic rings. The number of carbonyl (C=O) groups is 5. The van der Waals surface area contributed by atoms with Crippen LogP contribution in [0.5, 0.6) is 0 Å². The fourth-order valence-electron chi connectivity index (χ4n) is 3.29. The van der Waals surface area contributed by atoms with E-state index in [1.54, 1.807) is 31.2 Å². The molecule has 1 aromatic rings. The number of carbonyl (C=O) groups excluding carboxylic acids is 4. The number of benzene rings is 1. The number of nitrogens with one attached hydrogen (secondary N) is 3. The van der Waals surface area contributed by atoms with E-state index in [1.165, 1.54) is 16.7 Å². The normalized spacial score (nSPS) is 13.1. The van der Waals surface area contributed by atoms with Crippen LogP contribution in [0.1, 0.15) is 31.7 Å². The van der Waals surface area contributed by atoms with Gasteiger partial charge in [-0.1, -0.05) is 31.5 Å². The summed E-state index contributed by atoms with van der Waals surface area (Å²) in [4.78, 5) is 61.8. The lowest BCUT2D eigenvalue weighted by molar-refractivity contribution is -0.138. The number of para-hydroxylation sites is 1. The molecule has 0 aliphatic carbocycles. The van der Waals surface area contributed by atoms with Crippen molar-refractivity contribution in [2.75, 3.05) is 30.0 Å². The summed E-state index contributed by atoms with van der Waals surface area (Å²) in [5.41, 5.74) is 6.89. The topological polar surface area (TPSA) is 171 Å². The van der Waals surface area contributed by atoms with E-state index >= 15 is 0 Å². The number of nitrogens with zero attached hydrogens (tertiary/aromatic N) is 1. The number of aliphatic carboxylic acids is 1. The maximum atomic E-state index is 13.0. The first kappa shape index (κ1) is 29.9. The molecular weight excluding hydrogens is 474 g/mol. The van der Waals surface area contributed by atoms with Crippen LogP contribution in [0.2, 0.25) is 0 Å². The lowest BCUT2D eigenvalue weighted by Gasteiger charge is -2.27. The molecule has 1 rings (SSSR count). The van der Waals surface area contributed by atoms with E-state index < -0.39 is 48.4 Å². The third kappa shape index (κ3) is 9.95. The zero-order valence-electron chi connectivity index (χ0n) is 20.3. The number of carboxylic acid groups (broad SMARTS) is 1. The van der Waals surface area contributed by atoms with E-state index in [9.17, 15) is 29.1 Å². The Bertz CT molecular complexity index is 884. The van der Waals surface area contributed by atoms with Crippen molar-refractivity contribution in [2.45, 2.75) is 51.2 Å². The highest BCUT2D eigenvalue weighted by Gasteiger charge is 2.27. The lowest BCUT2D eigenvalue weighted by atomic mass is 10.1. The van der Waals surface area contributed by atoms with Crippen LogP contribution in [-0.4, -0.2) is 78.4 Å². The molecule has 12 heteroatoms. The number of anilines is 1. The molecular formula is C23H35N5O6S. The minimum absolute atomic E-state index is 0.279. The van der Waals surface area contributed by atoms with E-state index in [1.807, 2.05) is 13.2 Å². The van der Waals surface area contributed by atoms with E-state index in [4.69, 9.17) is 5.73 Å². The van der Waals surface area contributed by atoms with Crippen LogP contribution in [0.25, 0.3) is 0 Å². The van der Waals surface area contributed by atoms with Gasteiger partial charge in [0.1, 0.15) is 18.1 Å². The van der Waals surface area contributed by atoms with Crippen molar-refractivity contribution < 1.29 is 29.1 Å². The van der Waals surface area contributed by atoms with Gasteiger partial charge in [0.05, 0.1) is 13.1 Å². The maximum Gasteiger partial charge on any atom is 0.322 e. The second-order valence-corrected chi connectivity index (χ2v) is 8.91. The first-order valence-electron chi connectivity index (χ1n) is 11.3. The zero-order valence-corrected chi connectivity index (χ0v) is 21.1. The highest BCUT2D eigenvalue weighted by molar-refractivity contribution is 7.98. The highest BCUT2D eigenvalue weighted by atomic mass is 32.2. The lowest BCUT2D eigenvalue weighted by Crippen LogP contribution is -2.54. The van der Waals surface area contributed by atoms with Crippen LogP contribution in [0.3, 0.4) is 0 Å². The molecule has 0 saturated heterocycles. The van der Waals surface area contributed by atoms with Gasteiger partial charge < -0.3 is 31.7 Å². The highest BCUT2D eigenvalue weighted by Crippen LogP contribution is 2.19. The van der Waals surface area contributed by atoms with Gasteiger partial charge in [-0.2, -0.15) is 11.8 Å². The van der Waals surface area contributed by atoms with E-state index in [2.05, 4.69) is 16.0 Å². The molecule has 0 radical (unpaired) electrons. The molecule has 0 saturated carbocycles. The molecule has 194 valence electrons. The third-order valence-electron chi connectivity index (χ3n) is 5.22. The van der Waals surface area contributed by atoms with Crippen molar-refractivity contribution in [1.29, 1.82) is 0 Å². The Labute approximate surface area is 209 Å². The molecule has 35 heavy (non-hydrogen) atoms. The molecule has 3 unspecified atom stereocenters. The summed E-state index contributed by atoms with van der Waals surface area (Å²) in [7, 11) is 0. The fourth-order valence-corrected chi connectivity index (χ4v) is 3.77. The number of nitrogens with two attached hydrogens (primary N) is 1. The number of thioether (sulfide) groups is 1. The maximum absolute atomic E-state index is 13.0. The molecule has 4 amide bonds. The summed E-state index contributed by atoms with van der Waals surface area (Å²) >= 11 is 1.52. The number of carboxylic acids is 1. The number of amides is 4. The van der Waals surface area contributed by atoms with Crippen molar-refractivity contribution in [3.63, 3.8) is 0 Å². The predicted molar refractivity (Wildman–Crippen MR) is 135 cm³/mol. The van der Waals surface area contributed by atoms with Crippen LogP contribution in [0, 0.1) is 6.92 Å². The van der Waals surface area contributed by atoms with Gasteiger partial charge in [0.15, 0.2) is 0 Å². The molecule has 3 atom stereocenters. The molecule has 6 N–H and O–H groups in total. The molecule has 11 nitrogen and oxygen atoms in total. The van der Waals surface area contributed by atoms with Gasteiger partial charge in [-0.3, -0.25) is 24.0 Å². The van der Waals surface area contributed by atoms with Crippen molar-refractivity contribution >= 4 is 47.6 Å². The number of aryl methyl sites for hydroxylation is 1. The molecule has 0 aromatic heterocycles. The quantitative estimate of drug-likeness (QED) is 0.194. The SMILES string of the molecule is CCCC(NC(=O)C(CCSC)NC=O)C(=O)NCC(=O)N(CC(N)C(=O)O)c1ccccc1C. The zero-order chi connectivity index (χ0) is 26.4. The molecule has 1 aromatic carbocycles. The first-order chi connectivity index (χ1) is 16.7. The summed E-state index contributed by atoms with van der Waals surface area (Å²) in [6.07, 6.45) is 3.64. The van der Waals surface area contributed by atoms with Crippen molar-refractivity contribution in [1.82, 2.24) is 16.0 Å². The number of rotatable bonds is 16. The Morgan fingerprint density at radius 3 is 2.40 bits per heavy atom. The van der Waals surface area contributed by atoms with Crippen molar-refractivity contribution in [2.24, 2.45) is 5.73 Å². The summed E-state index contributed by atoms with van der Waals surface area (Å²) in [6.45, 7) is 2.92. The monoisotopic (exact) mass is 509 g/mol. The van der Waals surface area contributed by atoms with Crippen LogP contribution in [0.4, 0.5) is 5.69 Å². The van der Waals surface area contributed by atoms with E-state index in [-0.39, 0.29) is 6.54 Å². The second kappa shape index (κ2) is 15.7. The summed E-state index contributed by atoms with van der Waals surface area (Å²) < 4.78 is 0. The summed E-state index contributed by atoms with van der Waals surface area (Å²) in [5, 5.41) is 16.8. The molecule has 0 bridgehead atoms. The Morgan fingerprint density at radius 1 is 1.14 bits per heavy atom. The standard InChI is InChI=1S/C23H35N5O6S/c1-4-7-18(27-22(32)17(26-14-29)10-11-35-3)21(31)25-12-20(30)28(13-16(24)23(33)34)19-9-6-5-8-15(19)2/h5-6,8-9,14,16-18H,4,7,10-13,24H2,1-3H3,(H,25,31)(H,26,29)(H,27,32)(H,33,34). The predicted octanol–water partition coefficient (Wildman–Crippen LogP) is 0.00872. The van der Waals surface area contributed by atoms with E-state index in [0.717, 1.165) is 5.56 Å². The third-order valence-corrected chi connectivity index (χ3v) is 5.87. The van der Waals surface area contributed by atoms with E-state index in [0.29, 0.717) is 37.1 Å². The molecule has 0 heterocycles. The Morgan fingerprint density at radius 2 is 1.83 bits per heavy atom. The van der Waals surface area contributed by atoms with Gasteiger partial charge in [0.2, 0.25) is 24.1 Å². The van der Waals surface area contributed by atoms with Gasteiger partial charge in [-0.05, 0) is 43.4 Å². The average Bonchev–Trinajstić information content (AvgIpc) is 2.83. The Balaban J connectivity index is 2.92. The average molecular weight is 510 g/mol. The van der Waals surface area contributed by atoms with Crippen LogP contribution in [-0.2, 0) is 24.0 Å². The van der Waals surface area contributed by atoms with Gasteiger partial charge in [0.25, 0.3) is 0 Å². The smallest absolute Gasteiger partial charge is 0.322 e. The fraction of sp³-hybridized carbons (Fsp3) is 0.522. The van der Waals surface area contributed by atoms with Crippen molar-refractivity contribution in [3.8, 4) is 0 Å². The minimum atomic E-state index is -1.31. The van der Waals surface area contributed by atoms with Gasteiger partial charge in [-0.15, -0.1) is 0 Å². The number of hydrogen-bond donors (Lipinski definition) is 5. The largest absolute Gasteiger partial charge is 0.480 e. The van der Waals surface area contributed by atoms with Crippen LogP contribution < -0.4 is 26.6 Å². The van der Waals surface area contributed by atoms with Crippen molar-refractivity contribution in [3.05, 3.63) is 29.8 Å². The second-order valence-electron chi connectivity index (χ2n) is 7.92. The molecule has 0 spiro atoms. The molecule has 0 aliphatic heterocycles. The van der Waals surface area contributed by atoms with Gasteiger partial charge in [0, 0.05) is 5.69 Å². The molecule has 0 fully saturated rings. The van der Waals surface area contributed by atoms with Gasteiger partial charge in [-0.25, -0.2) is 0 Å².